The Morgan fingerprint density at radius 2 is 2.13 bits per heavy atom. The molecule has 10 nitrogen and oxygen atoms in total. The van der Waals surface area contributed by atoms with Gasteiger partial charge in [-0.25, -0.2) is 4.98 Å². The Kier molecular flexibility index (Phi) is 4.89. The lowest BCUT2D eigenvalue weighted by Crippen LogP contribution is -2.38. The first kappa shape index (κ1) is 18.9. The van der Waals surface area contributed by atoms with E-state index in [-0.39, 0.29) is 17.7 Å². The first-order valence-electron chi connectivity index (χ1n) is 9.68. The van der Waals surface area contributed by atoms with Crippen LogP contribution in [0.4, 0.5) is 5.69 Å². The molecule has 0 saturated carbocycles. The number of ether oxygens (including phenoxy) is 2. The molecule has 156 valence electrons. The van der Waals surface area contributed by atoms with Crippen molar-refractivity contribution in [2.24, 2.45) is 7.05 Å². The van der Waals surface area contributed by atoms with Crippen LogP contribution in [0.2, 0.25) is 0 Å². The van der Waals surface area contributed by atoms with Gasteiger partial charge in [-0.05, 0) is 30.3 Å². The van der Waals surface area contributed by atoms with Gasteiger partial charge in [0.1, 0.15) is 23.2 Å². The molecular formula is C21H19N7O3. The van der Waals surface area contributed by atoms with E-state index in [1.54, 1.807) is 48.5 Å². The van der Waals surface area contributed by atoms with Gasteiger partial charge in [-0.1, -0.05) is 6.07 Å². The molecule has 0 aromatic carbocycles. The maximum atomic E-state index is 12.9. The van der Waals surface area contributed by atoms with Crippen LogP contribution in [-0.2, 0) is 11.8 Å². The van der Waals surface area contributed by atoms with E-state index in [2.05, 4.69) is 30.6 Å². The minimum absolute atomic E-state index is 0.0716. The number of hydrogen-bond donors (Lipinski definition) is 2. The number of H-pyrrole nitrogens is 1. The summed E-state index contributed by atoms with van der Waals surface area (Å²) >= 11 is 0. The van der Waals surface area contributed by atoms with Crippen molar-refractivity contribution in [3.05, 3.63) is 60.7 Å². The van der Waals surface area contributed by atoms with Gasteiger partial charge in [-0.3, -0.25) is 19.6 Å². The molecule has 4 aromatic rings. The molecule has 0 radical (unpaired) electrons. The predicted molar refractivity (Wildman–Crippen MR) is 111 cm³/mol. The van der Waals surface area contributed by atoms with E-state index >= 15 is 0 Å². The number of carbonyl (C=O) groups is 1. The second-order valence-corrected chi connectivity index (χ2v) is 7.05. The first-order chi connectivity index (χ1) is 15.2. The highest BCUT2D eigenvalue weighted by Crippen LogP contribution is 2.27. The van der Waals surface area contributed by atoms with Gasteiger partial charge < -0.3 is 14.8 Å². The molecule has 31 heavy (non-hydrogen) atoms. The van der Waals surface area contributed by atoms with E-state index in [0.29, 0.717) is 41.7 Å². The predicted octanol–water partition coefficient (Wildman–Crippen LogP) is 2.30. The van der Waals surface area contributed by atoms with Gasteiger partial charge in [0, 0.05) is 19.4 Å². The Morgan fingerprint density at radius 3 is 2.84 bits per heavy atom. The maximum Gasteiger partial charge on any atom is 0.274 e. The van der Waals surface area contributed by atoms with Crippen LogP contribution in [0, 0.1) is 0 Å². The Bertz CT molecular complexity index is 1200. The molecule has 0 unspecified atom stereocenters. The number of rotatable bonds is 6. The molecule has 0 aliphatic carbocycles. The number of nitrogens with zero attached hydrogens (tertiary/aromatic N) is 5. The third-order valence-corrected chi connectivity index (χ3v) is 4.72. The summed E-state index contributed by atoms with van der Waals surface area (Å²) in [5.41, 5.74) is 3.35. The van der Waals surface area contributed by atoms with Crippen molar-refractivity contribution in [2.75, 3.05) is 18.5 Å². The summed E-state index contributed by atoms with van der Waals surface area (Å²) in [5, 5.41) is 14.1. The Morgan fingerprint density at radius 1 is 1.23 bits per heavy atom. The zero-order valence-electron chi connectivity index (χ0n) is 16.6. The molecule has 5 rings (SSSR count). The van der Waals surface area contributed by atoms with Crippen molar-refractivity contribution in [1.29, 1.82) is 0 Å². The number of carbonyl (C=O) groups excluding carboxylic acids is 1. The van der Waals surface area contributed by atoms with Crippen molar-refractivity contribution in [1.82, 2.24) is 29.9 Å². The average molecular weight is 417 g/mol. The van der Waals surface area contributed by atoms with Crippen molar-refractivity contribution in [3.8, 4) is 28.5 Å². The molecule has 10 heteroatoms. The maximum absolute atomic E-state index is 12.9. The smallest absolute Gasteiger partial charge is 0.274 e. The zero-order valence-corrected chi connectivity index (χ0v) is 16.6. The van der Waals surface area contributed by atoms with Gasteiger partial charge in [0.25, 0.3) is 5.91 Å². The summed E-state index contributed by atoms with van der Waals surface area (Å²) in [6.07, 6.45) is 5.07. The standard InChI is InChI=1S/C21H19N7O3/c1-28-10-19(20(27-28)17-6-5-13(9-22-17)31-14-11-30-12-14)25-21(29)18-4-2-3-15(24-18)16-7-8-23-26-16/h2-10,14H,11-12H2,1H3,(H,23,26)(H,25,29). The minimum Gasteiger partial charge on any atom is -0.484 e. The SMILES string of the molecule is Cn1cc(NC(=O)c2cccc(-c3ccn[nH]3)n2)c(-c2ccc(OC3COC3)cn2)n1. The third kappa shape index (κ3) is 4.01. The summed E-state index contributed by atoms with van der Waals surface area (Å²) in [4.78, 5) is 21.7. The van der Waals surface area contributed by atoms with Crippen LogP contribution in [0.1, 0.15) is 10.5 Å². The molecule has 1 fully saturated rings. The molecule has 1 amide bonds. The molecule has 1 aliphatic rings. The molecular weight excluding hydrogens is 398 g/mol. The number of aryl methyl sites for hydroxylation is 1. The summed E-state index contributed by atoms with van der Waals surface area (Å²) < 4.78 is 12.5. The minimum atomic E-state index is -0.347. The van der Waals surface area contributed by atoms with E-state index in [4.69, 9.17) is 9.47 Å². The average Bonchev–Trinajstić information content (AvgIpc) is 3.41. The van der Waals surface area contributed by atoms with Crippen LogP contribution >= 0.6 is 0 Å². The Hall–Kier alpha value is -4.05. The highest BCUT2D eigenvalue weighted by atomic mass is 16.6. The largest absolute Gasteiger partial charge is 0.484 e. The highest BCUT2D eigenvalue weighted by molar-refractivity contribution is 6.04. The zero-order chi connectivity index (χ0) is 21.2. The van der Waals surface area contributed by atoms with Gasteiger partial charge in [-0.2, -0.15) is 10.2 Å². The lowest BCUT2D eigenvalue weighted by Gasteiger charge is -2.26. The number of anilines is 1. The molecule has 5 heterocycles. The Labute approximate surface area is 177 Å². The van der Waals surface area contributed by atoms with Crippen LogP contribution in [0.5, 0.6) is 5.75 Å². The number of amides is 1. The van der Waals surface area contributed by atoms with Crippen molar-refractivity contribution < 1.29 is 14.3 Å². The van der Waals surface area contributed by atoms with Crippen LogP contribution in [0.15, 0.2) is 55.0 Å². The number of aromatic nitrogens is 6. The van der Waals surface area contributed by atoms with Crippen molar-refractivity contribution in [2.45, 2.75) is 6.10 Å². The summed E-state index contributed by atoms with van der Waals surface area (Å²) in [5.74, 6) is 0.318. The van der Waals surface area contributed by atoms with E-state index in [1.807, 2.05) is 18.2 Å². The van der Waals surface area contributed by atoms with Gasteiger partial charge in [0.05, 0.1) is 42.2 Å². The van der Waals surface area contributed by atoms with Crippen molar-refractivity contribution in [3.63, 3.8) is 0 Å². The summed E-state index contributed by atoms with van der Waals surface area (Å²) in [7, 11) is 1.78. The lowest BCUT2D eigenvalue weighted by molar-refractivity contribution is -0.0797. The topological polar surface area (TPSA) is 120 Å². The summed E-state index contributed by atoms with van der Waals surface area (Å²) in [6.45, 7) is 1.18. The first-order valence-corrected chi connectivity index (χ1v) is 9.68. The molecule has 0 spiro atoms. The third-order valence-electron chi connectivity index (χ3n) is 4.72. The number of pyridine rings is 2. The van der Waals surface area contributed by atoms with Crippen LogP contribution < -0.4 is 10.1 Å². The number of hydrogen-bond acceptors (Lipinski definition) is 7. The van der Waals surface area contributed by atoms with Crippen LogP contribution in [0.25, 0.3) is 22.8 Å². The lowest BCUT2D eigenvalue weighted by atomic mass is 10.2. The number of aromatic amines is 1. The molecule has 0 bridgehead atoms. The molecule has 1 aliphatic heterocycles. The van der Waals surface area contributed by atoms with Crippen LogP contribution in [-0.4, -0.2) is 55.2 Å². The van der Waals surface area contributed by atoms with Gasteiger partial charge in [-0.15, -0.1) is 0 Å². The van der Waals surface area contributed by atoms with Crippen LogP contribution in [0.3, 0.4) is 0 Å². The van der Waals surface area contributed by atoms with Gasteiger partial charge >= 0.3 is 0 Å². The molecule has 4 aromatic heterocycles. The van der Waals surface area contributed by atoms with E-state index in [1.165, 1.54) is 0 Å². The summed E-state index contributed by atoms with van der Waals surface area (Å²) in [6, 6.07) is 10.7. The monoisotopic (exact) mass is 417 g/mol. The van der Waals surface area contributed by atoms with E-state index in [0.717, 1.165) is 5.69 Å². The number of nitrogens with one attached hydrogen (secondary N) is 2. The second kappa shape index (κ2) is 8.00. The van der Waals surface area contributed by atoms with Gasteiger partial charge in [0.2, 0.25) is 0 Å². The fourth-order valence-corrected chi connectivity index (χ4v) is 3.13. The van der Waals surface area contributed by atoms with E-state index < -0.39 is 0 Å². The van der Waals surface area contributed by atoms with E-state index in [9.17, 15) is 4.79 Å². The highest BCUT2D eigenvalue weighted by Gasteiger charge is 2.21. The van der Waals surface area contributed by atoms with Gasteiger partial charge in [0.15, 0.2) is 0 Å². The molecule has 1 saturated heterocycles. The Balaban J connectivity index is 1.36. The quantitative estimate of drug-likeness (QED) is 0.494. The van der Waals surface area contributed by atoms with Crippen molar-refractivity contribution >= 4 is 11.6 Å². The fraction of sp³-hybridized carbons (Fsp3) is 0.190. The molecule has 0 atom stereocenters. The molecule has 2 N–H and O–H groups in total. The normalized spacial score (nSPS) is 13.6. The fourth-order valence-electron chi connectivity index (χ4n) is 3.13. The second-order valence-electron chi connectivity index (χ2n) is 7.05.